The number of aryl methyl sites for hydroxylation is 2. The molecular formula is C38H47BO4S2. The highest BCUT2D eigenvalue weighted by Crippen LogP contribution is 2.55. The maximum absolute atomic E-state index is 9.86. The van der Waals surface area contributed by atoms with Gasteiger partial charge in [-0.1, -0.05) is 108 Å². The monoisotopic (exact) mass is 642 g/mol. The van der Waals surface area contributed by atoms with Gasteiger partial charge in [0.05, 0.1) is 16.4 Å². The molecule has 238 valence electrons. The summed E-state index contributed by atoms with van der Waals surface area (Å²) in [5.74, 6) is 0.923. The molecule has 1 saturated heterocycles. The van der Waals surface area contributed by atoms with E-state index in [1.165, 1.54) is 67.4 Å². The van der Waals surface area contributed by atoms with Crippen LogP contribution in [-0.2, 0) is 27.8 Å². The summed E-state index contributed by atoms with van der Waals surface area (Å²) in [7, 11) is -0.461. The fourth-order valence-electron chi connectivity index (χ4n) is 6.54. The highest BCUT2D eigenvalue weighted by Gasteiger charge is 2.48. The molecule has 0 aliphatic carbocycles. The molecule has 0 spiro atoms. The van der Waals surface area contributed by atoms with Crippen LogP contribution >= 0.6 is 22.7 Å². The topological polar surface area (TPSA) is 47.9 Å². The lowest BCUT2D eigenvalue weighted by molar-refractivity contribution is -0.0143. The lowest BCUT2D eigenvalue weighted by atomic mass is 9.76. The standard InChI is InChI=1S/C38H47BO4S2/c1-4-6-8-10-12-28-14-18-30(19-15-28)38(31-20-16-29(17-21-31)13-11-9-7-5-2)32-24-34(39-41-26-37(3,25-40)27-42-39)45-35(32)36-33(43-38)22-23-44-36/h14-24,40H,4-13,25-27H2,1-3H3. The molecule has 2 aromatic carbocycles. The van der Waals surface area contributed by atoms with Gasteiger partial charge in [0.2, 0.25) is 0 Å². The van der Waals surface area contributed by atoms with Crippen molar-refractivity contribution in [2.75, 3.05) is 19.8 Å². The molecule has 0 atom stereocenters. The molecule has 2 aromatic heterocycles. The Balaban J connectivity index is 1.40. The van der Waals surface area contributed by atoms with E-state index in [0.717, 1.165) is 44.9 Å². The predicted octanol–water partition coefficient (Wildman–Crippen LogP) is 9.15. The molecule has 0 saturated carbocycles. The molecule has 0 bridgehead atoms. The molecule has 0 amide bonds. The lowest BCUT2D eigenvalue weighted by Gasteiger charge is -2.39. The number of rotatable bonds is 14. The zero-order chi connectivity index (χ0) is 31.3. The van der Waals surface area contributed by atoms with Crippen molar-refractivity contribution in [3.63, 3.8) is 0 Å². The minimum Gasteiger partial charge on any atom is -0.471 e. The van der Waals surface area contributed by atoms with Crippen molar-refractivity contribution < 1.29 is 19.2 Å². The molecule has 0 unspecified atom stereocenters. The molecule has 45 heavy (non-hydrogen) atoms. The molecule has 2 aliphatic heterocycles. The van der Waals surface area contributed by atoms with Gasteiger partial charge in [-0.05, 0) is 54.3 Å². The number of aliphatic hydroxyl groups excluding tert-OH is 1. The molecule has 6 rings (SSSR count). The summed E-state index contributed by atoms with van der Waals surface area (Å²) in [5, 5.41) is 12.0. The molecular weight excluding hydrogens is 595 g/mol. The van der Waals surface area contributed by atoms with Crippen molar-refractivity contribution >= 4 is 34.6 Å². The van der Waals surface area contributed by atoms with E-state index in [2.05, 4.69) is 79.9 Å². The SMILES string of the molecule is CCCCCCc1ccc(C2(c3ccc(CCCCCC)cc3)Oc3ccsc3-c3sc(B4OCC(C)(CO)CO4)cc32)cc1. The van der Waals surface area contributed by atoms with Gasteiger partial charge in [-0.15, -0.1) is 22.7 Å². The van der Waals surface area contributed by atoms with Crippen LogP contribution in [0.5, 0.6) is 5.75 Å². The smallest absolute Gasteiger partial charge is 0.471 e. The average molecular weight is 643 g/mol. The first-order chi connectivity index (χ1) is 22.0. The number of hydrogen-bond acceptors (Lipinski definition) is 6. The maximum Gasteiger partial charge on any atom is 0.504 e. The maximum atomic E-state index is 9.86. The van der Waals surface area contributed by atoms with Gasteiger partial charge in [0, 0.05) is 40.1 Å². The van der Waals surface area contributed by atoms with Crippen molar-refractivity contribution in [2.45, 2.75) is 90.6 Å². The van der Waals surface area contributed by atoms with Gasteiger partial charge < -0.3 is 19.2 Å². The predicted molar refractivity (Wildman–Crippen MR) is 189 cm³/mol. The third kappa shape index (κ3) is 6.84. The highest BCUT2D eigenvalue weighted by atomic mass is 32.1. The first-order valence-corrected chi connectivity index (χ1v) is 18.6. The molecule has 4 aromatic rings. The van der Waals surface area contributed by atoms with Gasteiger partial charge in [-0.25, -0.2) is 0 Å². The summed E-state index contributed by atoms with van der Waals surface area (Å²) in [6, 6.07) is 22.7. The largest absolute Gasteiger partial charge is 0.504 e. The zero-order valence-corrected chi connectivity index (χ0v) is 28.7. The lowest BCUT2D eigenvalue weighted by Crippen LogP contribution is -2.49. The average Bonchev–Trinajstić information content (AvgIpc) is 3.73. The van der Waals surface area contributed by atoms with Crippen molar-refractivity contribution in [3.8, 4) is 15.5 Å². The summed E-state index contributed by atoms with van der Waals surface area (Å²) in [6.07, 6.45) is 12.3. The Labute approximate surface area is 277 Å². The molecule has 4 nitrogen and oxygen atoms in total. The van der Waals surface area contributed by atoms with Crippen LogP contribution in [0, 0.1) is 5.41 Å². The fourth-order valence-corrected chi connectivity index (χ4v) is 8.73. The Morgan fingerprint density at radius 3 is 1.87 bits per heavy atom. The van der Waals surface area contributed by atoms with Crippen molar-refractivity contribution in [1.29, 1.82) is 0 Å². The number of hydrogen-bond donors (Lipinski definition) is 1. The second-order valence-electron chi connectivity index (χ2n) is 13.2. The summed E-state index contributed by atoms with van der Waals surface area (Å²) in [4.78, 5) is 2.38. The first kappa shape index (κ1) is 32.5. The van der Waals surface area contributed by atoms with Gasteiger partial charge in [-0.2, -0.15) is 0 Å². The second-order valence-corrected chi connectivity index (χ2v) is 15.2. The van der Waals surface area contributed by atoms with E-state index < -0.39 is 12.7 Å². The van der Waals surface area contributed by atoms with Crippen LogP contribution in [-0.4, -0.2) is 32.0 Å². The quantitative estimate of drug-likeness (QED) is 0.110. The van der Waals surface area contributed by atoms with Crippen molar-refractivity contribution in [3.05, 3.63) is 93.9 Å². The van der Waals surface area contributed by atoms with Gasteiger partial charge >= 0.3 is 7.12 Å². The van der Waals surface area contributed by atoms with Crippen molar-refractivity contribution in [1.82, 2.24) is 0 Å². The van der Waals surface area contributed by atoms with Crippen LogP contribution in [0.2, 0.25) is 0 Å². The minimum absolute atomic E-state index is 0.0410. The van der Waals surface area contributed by atoms with Crippen LogP contribution < -0.4 is 9.51 Å². The van der Waals surface area contributed by atoms with Gasteiger partial charge in [0.15, 0.2) is 5.60 Å². The van der Waals surface area contributed by atoms with Crippen LogP contribution in [0.1, 0.15) is 100.0 Å². The Hall–Kier alpha value is -2.42. The van der Waals surface area contributed by atoms with E-state index in [1.807, 2.05) is 6.92 Å². The molecule has 1 fully saturated rings. The van der Waals surface area contributed by atoms with E-state index >= 15 is 0 Å². The van der Waals surface area contributed by atoms with E-state index in [0.29, 0.717) is 13.2 Å². The van der Waals surface area contributed by atoms with E-state index in [9.17, 15) is 5.11 Å². The zero-order valence-electron chi connectivity index (χ0n) is 27.1. The molecule has 4 heterocycles. The summed E-state index contributed by atoms with van der Waals surface area (Å²) in [6.45, 7) is 7.49. The van der Waals surface area contributed by atoms with Gasteiger partial charge in [0.25, 0.3) is 0 Å². The number of fused-ring (bicyclic) bond motifs is 3. The number of unbranched alkanes of at least 4 members (excludes halogenated alkanes) is 6. The van der Waals surface area contributed by atoms with Crippen LogP contribution in [0.25, 0.3) is 9.75 Å². The Morgan fingerprint density at radius 1 is 0.756 bits per heavy atom. The van der Waals surface area contributed by atoms with Crippen LogP contribution in [0.15, 0.2) is 66.0 Å². The molecule has 2 aliphatic rings. The third-order valence-electron chi connectivity index (χ3n) is 9.37. The minimum atomic E-state index is -0.798. The number of aliphatic hydroxyl groups is 1. The third-order valence-corrected chi connectivity index (χ3v) is 11.6. The van der Waals surface area contributed by atoms with Crippen molar-refractivity contribution in [2.24, 2.45) is 5.41 Å². The van der Waals surface area contributed by atoms with Crippen LogP contribution in [0.4, 0.5) is 0 Å². The first-order valence-electron chi connectivity index (χ1n) is 16.9. The Bertz CT molecular complexity index is 1460. The second kappa shape index (κ2) is 14.6. The van der Waals surface area contributed by atoms with Gasteiger partial charge in [0.1, 0.15) is 5.75 Å². The fraction of sp³-hybridized carbons (Fsp3) is 0.474. The van der Waals surface area contributed by atoms with Crippen LogP contribution in [0.3, 0.4) is 0 Å². The van der Waals surface area contributed by atoms with E-state index in [1.54, 1.807) is 22.7 Å². The summed E-state index contributed by atoms with van der Waals surface area (Å²) >= 11 is 3.47. The molecule has 1 N–H and O–H groups in total. The number of thiophene rings is 2. The Morgan fingerprint density at radius 2 is 1.33 bits per heavy atom. The summed E-state index contributed by atoms with van der Waals surface area (Å²) < 4.78 is 20.7. The normalized spacial score (nSPS) is 16.7. The molecule has 0 radical (unpaired) electrons. The van der Waals surface area contributed by atoms with Gasteiger partial charge in [-0.3, -0.25) is 0 Å². The van der Waals surface area contributed by atoms with E-state index in [4.69, 9.17) is 14.0 Å². The number of ether oxygens (including phenoxy) is 1. The number of benzene rings is 2. The highest BCUT2D eigenvalue weighted by molar-refractivity contribution is 7.28. The summed E-state index contributed by atoms with van der Waals surface area (Å²) in [5.41, 5.74) is 4.99. The molecule has 7 heteroatoms. The Kier molecular flexibility index (Phi) is 10.5. The van der Waals surface area contributed by atoms with E-state index in [-0.39, 0.29) is 12.0 Å².